The van der Waals surface area contributed by atoms with E-state index < -0.39 is 10.0 Å². The van der Waals surface area contributed by atoms with Crippen molar-refractivity contribution in [2.24, 2.45) is 0 Å². The van der Waals surface area contributed by atoms with E-state index in [1.54, 1.807) is 11.6 Å². The third kappa shape index (κ3) is 3.83. The van der Waals surface area contributed by atoms with Crippen LogP contribution < -0.4 is 14.9 Å². The summed E-state index contributed by atoms with van der Waals surface area (Å²) in [6.45, 7) is -0.0455. The lowest BCUT2D eigenvalue weighted by molar-refractivity contribution is -0.116. The minimum absolute atomic E-state index is 0.0455. The molecule has 24 heavy (non-hydrogen) atoms. The normalized spacial score (nSPS) is 11.5. The summed E-state index contributed by atoms with van der Waals surface area (Å²) < 4.78 is 32.2. The van der Waals surface area contributed by atoms with Gasteiger partial charge in [0.25, 0.3) is 0 Å². The van der Waals surface area contributed by atoms with Gasteiger partial charge in [0.15, 0.2) is 4.80 Å². The van der Waals surface area contributed by atoms with Crippen LogP contribution in [0.4, 0.5) is 5.69 Å². The van der Waals surface area contributed by atoms with Crippen molar-refractivity contribution in [3.8, 4) is 5.75 Å². The first-order valence-corrected chi connectivity index (χ1v) is 9.16. The van der Waals surface area contributed by atoms with Crippen LogP contribution in [0, 0.1) is 5.41 Å². The zero-order chi connectivity index (χ0) is 17.9. The summed E-state index contributed by atoms with van der Waals surface area (Å²) in [5.41, 5.74) is 0.257. The Morgan fingerprint density at radius 1 is 1.42 bits per heavy atom. The van der Waals surface area contributed by atoms with Crippen LogP contribution in [0.5, 0.6) is 5.75 Å². The highest BCUT2D eigenvalue weighted by molar-refractivity contribution is 7.89. The predicted octanol–water partition coefficient (Wildman–Crippen LogP) is 0.927. The maximum atomic E-state index is 12.2. The van der Waals surface area contributed by atoms with Gasteiger partial charge in [-0.1, -0.05) is 0 Å². The molecule has 1 aromatic heterocycles. The molecule has 0 radical (unpaired) electrons. The molecule has 1 aromatic carbocycles. The lowest BCUT2D eigenvalue weighted by Crippen LogP contribution is -2.25. The van der Waals surface area contributed by atoms with Crippen LogP contribution in [0.2, 0.25) is 0 Å². The number of nitrogens with one attached hydrogen (secondary N) is 2. The Bertz CT molecular complexity index is 899. The first kappa shape index (κ1) is 18.2. The SMILES string of the molecule is COc1ccc(S(=O)(=O)N(C)C)cc1NC(=O)Cn1ccsc1=N. The van der Waals surface area contributed by atoms with Gasteiger partial charge in [0.2, 0.25) is 15.9 Å². The topological polar surface area (TPSA) is 104 Å². The molecule has 8 nitrogen and oxygen atoms in total. The zero-order valence-corrected chi connectivity index (χ0v) is 15.1. The highest BCUT2D eigenvalue weighted by Crippen LogP contribution is 2.28. The number of carbonyl (C=O) groups excluding carboxylic acids is 1. The van der Waals surface area contributed by atoms with Crippen molar-refractivity contribution in [2.45, 2.75) is 11.4 Å². The number of carbonyl (C=O) groups is 1. The quantitative estimate of drug-likeness (QED) is 0.789. The molecule has 1 heterocycles. The predicted molar refractivity (Wildman–Crippen MR) is 90.7 cm³/mol. The second-order valence-electron chi connectivity index (χ2n) is 5.03. The number of rotatable bonds is 6. The van der Waals surface area contributed by atoms with Crippen LogP contribution in [0.25, 0.3) is 0 Å². The number of ether oxygens (including phenoxy) is 1. The molecule has 2 rings (SSSR count). The number of benzene rings is 1. The van der Waals surface area contributed by atoms with E-state index in [1.165, 1.54) is 55.3 Å². The molecular weight excluding hydrogens is 352 g/mol. The maximum Gasteiger partial charge on any atom is 0.244 e. The molecule has 2 aromatic rings. The summed E-state index contributed by atoms with van der Waals surface area (Å²) in [6, 6.07) is 4.25. The van der Waals surface area contributed by atoms with Crippen molar-refractivity contribution in [3.05, 3.63) is 34.6 Å². The highest BCUT2D eigenvalue weighted by Gasteiger charge is 2.20. The van der Waals surface area contributed by atoms with Crippen LogP contribution in [-0.4, -0.2) is 44.4 Å². The number of methoxy groups -OCH3 is 1. The number of amides is 1. The molecule has 0 atom stereocenters. The Morgan fingerprint density at radius 2 is 2.12 bits per heavy atom. The summed E-state index contributed by atoms with van der Waals surface area (Å²) in [4.78, 5) is 12.5. The largest absolute Gasteiger partial charge is 0.495 e. The maximum absolute atomic E-state index is 12.2. The Balaban J connectivity index is 2.30. The third-order valence-corrected chi connectivity index (χ3v) is 5.75. The van der Waals surface area contributed by atoms with E-state index in [0.29, 0.717) is 5.75 Å². The van der Waals surface area contributed by atoms with Crippen LogP contribution >= 0.6 is 11.3 Å². The summed E-state index contributed by atoms with van der Waals surface area (Å²) >= 11 is 1.21. The fourth-order valence-corrected chi connectivity index (χ4v) is 3.45. The van der Waals surface area contributed by atoms with E-state index in [-0.39, 0.29) is 27.8 Å². The number of anilines is 1. The summed E-state index contributed by atoms with van der Waals surface area (Å²) in [7, 11) is 0.670. The van der Waals surface area contributed by atoms with Crippen LogP contribution in [0.3, 0.4) is 0 Å². The molecule has 130 valence electrons. The van der Waals surface area contributed by atoms with Gasteiger partial charge in [0.1, 0.15) is 12.3 Å². The van der Waals surface area contributed by atoms with Gasteiger partial charge < -0.3 is 14.6 Å². The van der Waals surface area contributed by atoms with Gasteiger partial charge in [-0.2, -0.15) is 0 Å². The standard InChI is InChI=1S/C14H18N4O4S2/c1-17(2)24(20,21)10-4-5-12(22-3)11(8-10)16-13(19)9-18-6-7-23-14(18)15/h4-8,15H,9H2,1-3H3,(H,16,19). The Kier molecular flexibility index (Phi) is 5.42. The Hall–Kier alpha value is -2.17. The van der Waals surface area contributed by atoms with Crippen molar-refractivity contribution in [1.29, 1.82) is 5.41 Å². The molecule has 0 aliphatic carbocycles. The molecule has 0 spiro atoms. The first-order chi connectivity index (χ1) is 11.3. The van der Waals surface area contributed by atoms with E-state index in [4.69, 9.17) is 10.1 Å². The number of aromatic nitrogens is 1. The lowest BCUT2D eigenvalue weighted by atomic mass is 10.3. The lowest BCUT2D eigenvalue weighted by Gasteiger charge is -2.15. The number of nitrogens with zero attached hydrogens (tertiary/aromatic N) is 2. The molecule has 0 bridgehead atoms. The average molecular weight is 370 g/mol. The molecule has 0 fully saturated rings. The minimum Gasteiger partial charge on any atom is -0.495 e. The number of thiazole rings is 1. The third-order valence-electron chi connectivity index (χ3n) is 3.22. The minimum atomic E-state index is -3.62. The van der Waals surface area contributed by atoms with Gasteiger partial charge in [-0.3, -0.25) is 10.2 Å². The number of hydrogen-bond acceptors (Lipinski definition) is 6. The Morgan fingerprint density at radius 3 is 2.67 bits per heavy atom. The highest BCUT2D eigenvalue weighted by atomic mass is 32.2. The van der Waals surface area contributed by atoms with Gasteiger partial charge in [-0.05, 0) is 18.2 Å². The Labute approximate surface area is 143 Å². The van der Waals surface area contributed by atoms with Gasteiger partial charge in [-0.15, -0.1) is 11.3 Å². The summed E-state index contributed by atoms with van der Waals surface area (Å²) in [5.74, 6) is -0.0351. The van der Waals surface area contributed by atoms with Crippen molar-refractivity contribution in [3.63, 3.8) is 0 Å². The van der Waals surface area contributed by atoms with Crippen molar-refractivity contribution < 1.29 is 17.9 Å². The fourth-order valence-electron chi connectivity index (χ4n) is 1.93. The van der Waals surface area contributed by atoms with E-state index in [2.05, 4.69) is 5.32 Å². The molecule has 0 saturated carbocycles. The molecule has 0 aliphatic rings. The molecular formula is C14H18N4O4S2. The molecule has 2 N–H and O–H groups in total. The van der Waals surface area contributed by atoms with Crippen molar-refractivity contribution in [2.75, 3.05) is 26.5 Å². The smallest absolute Gasteiger partial charge is 0.244 e. The summed E-state index contributed by atoms with van der Waals surface area (Å²) in [6.07, 6.45) is 1.64. The van der Waals surface area contributed by atoms with Crippen LogP contribution in [0.1, 0.15) is 0 Å². The second kappa shape index (κ2) is 7.16. The first-order valence-electron chi connectivity index (χ1n) is 6.84. The van der Waals surface area contributed by atoms with E-state index >= 15 is 0 Å². The van der Waals surface area contributed by atoms with Crippen molar-refractivity contribution in [1.82, 2.24) is 8.87 Å². The van der Waals surface area contributed by atoms with Gasteiger partial charge in [0.05, 0.1) is 17.7 Å². The molecule has 0 aliphatic heterocycles. The van der Waals surface area contributed by atoms with Crippen LogP contribution in [0.15, 0.2) is 34.7 Å². The molecule has 10 heteroatoms. The molecule has 0 unspecified atom stereocenters. The second-order valence-corrected chi connectivity index (χ2v) is 8.08. The summed E-state index contributed by atoms with van der Waals surface area (Å²) in [5, 5.41) is 12.0. The zero-order valence-electron chi connectivity index (χ0n) is 13.4. The number of sulfonamides is 1. The van der Waals surface area contributed by atoms with E-state index in [1.807, 2.05) is 0 Å². The average Bonchev–Trinajstić information content (AvgIpc) is 2.92. The number of hydrogen-bond donors (Lipinski definition) is 2. The van der Waals surface area contributed by atoms with Crippen molar-refractivity contribution >= 4 is 33.0 Å². The van der Waals surface area contributed by atoms with Gasteiger partial charge in [0, 0.05) is 25.7 Å². The molecule has 1 amide bonds. The van der Waals surface area contributed by atoms with E-state index in [0.717, 1.165) is 4.31 Å². The van der Waals surface area contributed by atoms with E-state index in [9.17, 15) is 13.2 Å². The van der Waals surface area contributed by atoms with Gasteiger partial charge >= 0.3 is 0 Å². The fraction of sp³-hybridized carbons (Fsp3) is 0.286. The molecule has 0 saturated heterocycles. The van der Waals surface area contributed by atoms with Gasteiger partial charge in [-0.25, -0.2) is 12.7 Å². The van der Waals surface area contributed by atoms with Crippen LogP contribution in [-0.2, 0) is 21.4 Å². The monoisotopic (exact) mass is 370 g/mol.